The van der Waals surface area contributed by atoms with Gasteiger partial charge in [-0.2, -0.15) is 0 Å². The van der Waals surface area contributed by atoms with E-state index in [4.69, 9.17) is 9.47 Å². The fourth-order valence-corrected chi connectivity index (χ4v) is 6.04. The average Bonchev–Trinajstić information content (AvgIpc) is 3.47. The third-order valence-corrected chi connectivity index (χ3v) is 8.46. The van der Waals surface area contributed by atoms with Gasteiger partial charge in [-0.05, 0) is 23.8 Å². The van der Waals surface area contributed by atoms with Crippen molar-refractivity contribution in [2.75, 3.05) is 27.8 Å². The summed E-state index contributed by atoms with van der Waals surface area (Å²) in [5.74, 6) is 4.11. The van der Waals surface area contributed by atoms with Gasteiger partial charge in [0.1, 0.15) is 23.1 Å². The monoisotopic (exact) mass is 704 g/mol. The maximum absolute atomic E-state index is 14.9. The van der Waals surface area contributed by atoms with Crippen molar-refractivity contribution in [3.05, 3.63) is 121 Å². The van der Waals surface area contributed by atoms with Crippen LogP contribution in [0.15, 0.2) is 76.4 Å². The predicted octanol–water partition coefficient (Wildman–Crippen LogP) is 3.92. The molecule has 13 nitrogen and oxygen atoms in total. The Morgan fingerprint density at radius 3 is 2.40 bits per heavy atom. The number of hydroxylamine groups is 1. The summed E-state index contributed by atoms with van der Waals surface area (Å²) < 4.78 is 42.4. The minimum atomic E-state index is -0.905. The lowest BCUT2D eigenvalue weighted by Crippen LogP contribution is -2.39. The lowest BCUT2D eigenvalue weighted by Gasteiger charge is -2.18. The van der Waals surface area contributed by atoms with Gasteiger partial charge in [-0.15, -0.1) is 11.3 Å². The highest BCUT2D eigenvalue weighted by Gasteiger charge is 2.26. The van der Waals surface area contributed by atoms with Gasteiger partial charge in [0.2, 0.25) is 5.88 Å². The number of hydrogen-bond acceptors (Lipinski definition) is 9. The summed E-state index contributed by atoms with van der Waals surface area (Å²) in [6.45, 7) is -0.954. The topological polar surface area (TPSA) is 146 Å². The standard InChI is InChI=1S/C34H30F2N6O7S/c1-40(34(46)49-20-21-9-5-4-6-10-21)18-24-27(13-8-16-37-32(44)39-48-3)50-31-29(24)30(43)42(22-14-15-28(47-2)38-17-22)33(45)41(31)19-23-25(35)11-7-12-26(23)36/h4-7,9-12,14-15,17H,16,18-20H2,1-3H3,(H2,37,39,44). The second-order valence-electron chi connectivity index (χ2n) is 10.5. The summed E-state index contributed by atoms with van der Waals surface area (Å²) in [6.07, 6.45) is 0.532. The van der Waals surface area contributed by atoms with Gasteiger partial charge >= 0.3 is 17.8 Å². The van der Waals surface area contributed by atoms with E-state index in [-0.39, 0.29) is 51.9 Å². The molecular weight excluding hydrogens is 674 g/mol. The van der Waals surface area contributed by atoms with Crippen LogP contribution in [0.2, 0.25) is 0 Å². The molecule has 3 heterocycles. The van der Waals surface area contributed by atoms with E-state index in [0.29, 0.717) is 0 Å². The number of carbonyl (C=O) groups is 2. The number of thiophene rings is 1. The molecule has 0 saturated heterocycles. The Labute approximate surface area is 287 Å². The number of methoxy groups -OCH3 is 1. The van der Waals surface area contributed by atoms with E-state index in [1.54, 1.807) is 24.3 Å². The summed E-state index contributed by atoms with van der Waals surface area (Å²) >= 11 is 0.916. The van der Waals surface area contributed by atoms with Gasteiger partial charge in [0.15, 0.2) is 0 Å². The zero-order valence-corrected chi connectivity index (χ0v) is 27.8. The Hall–Kier alpha value is -6.05. The number of rotatable bonds is 10. The van der Waals surface area contributed by atoms with E-state index in [9.17, 15) is 28.0 Å². The van der Waals surface area contributed by atoms with Crippen LogP contribution in [0.3, 0.4) is 0 Å². The highest BCUT2D eigenvalue weighted by atomic mass is 32.1. The van der Waals surface area contributed by atoms with Crippen molar-refractivity contribution < 1.29 is 32.7 Å². The fourth-order valence-electron chi connectivity index (χ4n) is 4.86. The van der Waals surface area contributed by atoms with Gasteiger partial charge < -0.3 is 19.7 Å². The molecule has 0 bridgehead atoms. The quantitative estimate of drug-likeness (QED) is 0.164. The van der Waals surface area contributed by atoms with Crippen molar-refractivity contribution in [1.82, 2.24) is 29.8 Å². The number of fused-ring (bicyclic) bond motifs is 1. The van der Waals surface area contributed by atoms with Crippen LogP contribution in [-0.4, -0.2) is 59.0 Å². The number of ether oxygens (including phenoxy) is 2. The molecule has 0 aliphatic carbocycles. The van der Waals surface area contributed by atoms with E-state index in [1.165, 1.54) is 50.6 Å². The van der Waals surface area contributed by atoms with Crippen LogP contribution in [0.4, 0.5) is 18.4 Å². The second-order valence-corrected chi connectivity index (χ2v) is 11.5. The molecule has 0 fully saturated rings. The maximum Gasteiger partial charge on any atom is 0.410 e. The van der Waals surface area contributed by atoms with Gasteiger partial charge in [0.25, 0.3) is 5.56 Å². The van der Waals surface area contributed by atoms with Crippen LogP contribution in [0.25, 0.3) is 15.9 Å². The SMILES string of the molecule is CONC(=O)NCC#Cc1sc2c(c1CN(C)C(=O)OCc1ccccc1)c(=O)n(-c1ccc(OC)nc1)c(=O)n2Cc1c(F)cccc1F. The number of nitrogens with zero attached hydrogens (tertiary/aromatic N) is 4. The van der Waals surface area contributed by atoms with Crippen molar-refractivity contribution in [1.29, 1.82) is 0 Å². The van der Waals surface area contributed by atoms with Crippen LogP contribution >= 0.6 is 11.3 Å². The molecule has 5 aromatic rings. The van der Waals surface area contributed by atoms with Crippen molar-refractivity contribution >= 4 is 33.7 Å². The van der Waals surface area contributed by atoms with Crippen molar-refractivity contribution in [2.24, 2.45) is 0 Å². The van der Waals surface area contributed by atoms with E-state index < -0.39 is 47.1 Å². The molecule has 0 radical (unpaired) electrons. The zero-order valence-electron chi connectivity index (χ0n) is 27.0. The third-order valence-electron chi connectivity index (χ3n) is 7.28. The number of carbonyl (C=O) groups excluding carboxylic acids is 2. The number of nitrogens with one attached hydrogen (secondary N) is 2. The molecule has 0 spiro atoms. The van der Waals surface area contributed by atoms with Crippen LogP contribution in [0, 0.1) is 23.5 Å². The highest BCUT2D eigenvalue weighted by Crippen LogP contribution is 2.30. The largest absolute Gasteiger partial charge is 0.481 e. The molecular formula is C34H30F2N6O7S. The fraction of sp³-hybridized carbons (Fsp3) is 0.206. The molecule has 0 aliphatic rings. The molecule has 0 unspecified atom stereocenters. The van der Waals surface area contributed by atoms with Crippen LogP contribution in [-0.2, 0) is 29.3 Å². The summed E-state index contributed by atoms with van der Waals surface area (Å²) in [4.78, 5) is 63.5. The molecule has 0 saturated carbocycles. The van der Waals surface area contributed by atoms with Crippen molar-refractivity contribution in [2.45, 2.75) is 19.7 Å². The number of aromatic nitrogens is 3. The van der Waals surface area contributed by atoms with Crippen LogP contribution < -0.4 is 26.8 Å². The predicted molar refractivity (Wildman–Crippen MR) is 180 cm³/mol. The number of pyridine rings is 1. The molecule has 2 aromatic carbocycles. The maximum atomic E-state index is 14.9. The first-order valence-electron chi connectivity index (χ1n) is 14.8. The lowest BCUT2D eigenvalue weighted by molar-refractivity contribution is 0.103. The Balaban J connectivity index is 1.68. The molecule has 3 aromatic heterocycles. The highest BCUT2D eigenvalue weighted by molar-refractivity contribution is 7.19. The molecule has 50 heavy (non-hydrogen) atoms. The van der Waals surface area contributed by atoms with Gasteiger partial charge in [-0.25, -0.2) is 38.2 Å². The van der Waals surface area contributed by atoms with E-state index in [2.05, 4.69) is 32.5 Å². The number of amides is 3. The number of hydrogen-bond donors (Lipinski definition) is 2. The Kier molecular flexibility index (Phi) is 11.2. The Morgan fingerprint density at radius 1 is 1.00 bits per heavy atom. The summed E-state index contributed by atoms with van der Waals surface area (Å²) in [5, 5.41) is 2.44. The number of benzene rings is 2. The van der Waals surface area contributed by atoms with Gasteiger partial charge in [0, 0.05) is 24.2 Å². The third kappa shape index (κ3) is 7.80. The van der Waals surface area contributed by atoms with E-state index in [0.717, 1.165) is 38.2 Å². The zero-order chi connectivity index (χ0) is 35.8. The number of halogens is 2. The summed E-state index contributed by atoms with van der Waals surface area (Å²) in [5.41, 5.74) is 1.04. The first-order chi connectivity index (χ1) is 24.1. The normalized spacial score (nSPS) is 10.7. The molecule has 2 N–H and O–H groups in total. The molecule has 5 rings (SSSR count). The van der Waals surface area contributed by atoms with E-state index >= 15 is 0 Å². The van der Waals surface area contributed by atoms with Crippen LogP contribution in [0.5, 0.6) is 5.88 Å². The second kappa shape index (κ2) is 15.9. The van der Waals surface area contributed by atoms with Crippen molar-refractivity contribution in [3.63, 3.8) is 0 Å². The smallest absolute Gasteiger partial charge is 0.410 e. The Bertz CT molecular complexity index is 2190. The van der Waals surface area contributed by atoms with Crippen molar-refractivity contribution in [3.8, 4) is 23.4 Å². The number of urea groups is 1. The molecule has 258 valence electrons. The first-order valence-corrected chi connectivity index (χ1v) is 15.7. The summed E-state index contributed by atoms with van der Waals surface area (Å²) in [7, 11) is 4.12. The van der Waals surface area contributed by atoms with E-state index in [1.807, 2.05) is 6.07 Å². The van der Waals surface area contributed by atoms with Crippen LogP contribution in [0.1, 0.15) is 21.6 Å². The Morgan fingerprint density at radius 2 is 1.74 bits per heavy atom. The average molecular weight is 705 g/mol. The minimum absolute atomic E-state index is 0.0126. The molecule has 0 atom stereocenters. The lowest BCUT2D eigenvalue weighted by atomic mass is 10.1. The molecule has 16 heteroatoms. The minimum Gasteiger partial charge on any atom is -0.481 e. The summed E-state index contributed by atoms with van der Waals surface area (Å²) in [6, 6.07) is 14.6. The molecule has 3 amide bonds. The van der Waals surface area contributed by atoms with Gasteiger partial charge in [-0.3, -0.25) is 14.2 Å². The first kappa shape index (κ1) is 35.3. The van der Waals surface area contributed by atoms with Gasteiger partial charge in [-0.1, -0.05) is 48.2 Å². The molecule has 0 aliphatic heterocycles. The van der Waals surface area contributed by atoms with Gasteiger partial charge in [0.05, 0.1) is 56.0 Å².